The second-order valence-corrected chi connectivity index (χ2v) is 3.02. The molecule has 1 rings (SSSR count). The van der Waals surface area contributed by atoms with Gasteiger partial charge in [-0.1, -0.05) is 6.08 Å². The average molecular weight is 210 g/mol. The fourth-order valence-corrected chi connectivity index (χ4v) is 1.24. The Bertz CT molecular complexity index is 315. The normalized spacial score (nSPS) is 14.3. The molecule has 0 aliphatic heterocycles. The number of hydrogen-bond acceptors (Lipinski definition) is 4. The van der Waals surface area contributed by atoms with E-state index in [4.69, 9.17) is 9.15 Å². The fraction of sp³-hybridized carbons (Fsp3) is 0.364. The number of carbonyl (C=O) groups excluding carboxylic acids is 1. The lowest BCUT2D eigenvalue weighted by Gasteiger charge is -2.16. The molecule has 0 amide bonds. The SMILES string of the molecule is C=C[C@@H](C(=O)OCC)[C@H](O)c1ccoc1. The zero-order chi connectivity index (χ0) is 11.3. The van der Waals surface area contributed by atoms with E-state index >= 15 is 0 Å². The van der Waals surface area contributed by atoms with Crippen LogP contribution in [0.3, 0.4) is 0 Å². The smallest absolute Gasteiger partial charge is 0.315 e. The summed E-state index contributed by atoms with van der Waals surface area (Å²) >= 11 is 0. The highest BCUT2D eigenvalue weighted by Crippen LogP contribution is 2.24. The van der Waals surface area contributed by atoms with Crippen molar-refractivity contribution in [3.8, 4) is 0 Å². The highest BCUT2D eigenvalue weighted by molar-refractivity contribution is 5.75. The van der Waals surface area contributed by atoms with Crippen molar-refractivity contribution in [1.82, 2.24) is 0 Å². The molecule has 15 heavy (non-hydrogen) atoms. The van der Waals surface area contributed by atoms with Gasteiger partial charge in [0.25, 0.3) is 0 Å². The van der Waals surface area contributed by atoms with E-state index in [0.29, 0.717) is 5.56 Å². The van der Waals surface area contributed by atoms with Crippen LogP contribution in [0, 0.1) is 5.92 Å². The minimum absolute atomic E-state index is 0.279. The van der Waals surface area contributed by atoms with Crippen molar-refractivity contribution in [3.05, 3.63) is 36.8 Å². The van der Waals surface area contributed by atoms with Crippen LogP contribution in [0.4, 0.5) is 0 Å². The van der Waals surface area contributed by atoms with Crippen molar-refractivity contribution >= 4 is 5.97 Å². The van der Waals surface area contributed by atoms with Crippen LogP contribution in [-0.2, 0) is 9.53 Å². The van der Waals surface area contributed by atoms with Crippen LogP contribution < -0.4 is 0 Å². The first kappa shape index (κ1) is 11.5. The number of hydrogen-bond donors (Lipinski definition) is 1. The van der Waals surface area contributed by atoms with Gasteiger partial charge in [-0.25, -0.2) is 0 Å². The molecule has 0 aliphatic rings. The molecule has 4 nitrogen and oxygen atoms in total. The summed E-state index contributed by atoms with van der Waals surface area (Å²) in [5.41, 5.74) is 0.535. The lowest BCUT2D eigenvalue weighted by atomic mass is 9.98. The highest BCUT2D eigenvalue weighted by Gasteiger charge is 2.26. The molecule has 2 atom stereocenters. The summed E-state index contributed by atoms with van der Waals surface area (Å²) in [6.07, 6.45) is 3.22. The molecule has 0 aliphatic carbocycles. The predicted molar refractivity (Wildman–Crippen MR) is 54.0 cm³/mol. The molecule has 82 valence electrons. The van der Waals surface area contributed by atoms with Crippen LogP contribution in [0.15, 0.2) is 35.7 Å². The molecular formula is C11H14O4. The van der Waals surface area contributed by atoms with Gasteiger partial charge in [-0.05, 0) is 13.0 Å². The summed E-state index contributed by atoms with van der Waals surface area (Å²) in [6, 6.07) is 1.60. The standard InChI is InChI=1S/C11H14O4/c1-3-9(11(13)15-4-2)10(12)8-5-6-14-7-8/h3,5-7,9-10,12H,1,4H2,2H3/t9-,10-/m1/s1. The van der Waals surface area contributed by atoms with Crippen LogP contribution >= 0.6 is 0 Å². The second-order valence-electron chi connectivity index (χ2n) is 3.02. The van der Waals surface area contributed by atoms with E-state index < -0.39 is 18.0 Å². The molecule has 1 aromatic heterocycles. The first-order chi connectivity index (χ1) is 7.20. The third kappa shape index (κ3) is 2.70. The Kier molecular flexibility index (Phi) is 4.12. The van der Waals surface area contributed by atoms with Crippen molar-refractivity contribution in [2.24, 2.45) is 5.92 Å². The van der Waals surface area contributed by atoms with E-state index in [1.165, 1.54) is 18.6 Å². The zero-order valence-electron chi connectivity index (χ0n) is 8.55. The summed E-state index contributed by atoms with van der Waals surface area (Å²) in [4.78, 5) is 11.4. The third-order valence-electron chi connectivity index (χ3n) is 2.04. The molecule has 1 aromatic rings. The van der Waals surface area contributed by atoms with Gasteiger partial charge in [-0.2, -0.15) is 0 Å². The first-order valence-electron chi connectivity index (χ1n) is 4.70. The Morgan fingerprint density at radius 3 is 3.00 bits per heavy atom. The van der Waals surface area contributed by atoms with Gasteiger partial charge in [0.05, 0.1) is 25.2 Å². The summed E-state index contributed by atoms with van der Waals surface area (Å²) in [5, 5.41) is 9.83. The van der Waals surface area contributed by atoms with E-state index in [2.05, 4.69) is 6.58 Å². The lowest BCUT2D eigenvalue weighted by molar-refractivity contribution is -0.149. The molecule has 0 radical (unpaired) electrons. The van der Waals surface area contributed by atoms with E-state index in [-0.39, 0.29) is 6.61 Å². The Morgan fingerprint density at radius 2 is 2.53 bits per heavy atom. The zero-order valence-corrected chi connectivity index (χ0v) is 8.55. The molecule has 0 aromatic carbocycles. The number of rotatable bonds is 5. The third-order valence-corrected chi connectivity index (χ3v) is 2.04. The minimum atomic E-state index is -0.972. The largest absolute Gasteiger partial charge is 0.472 e. The predicted octanol–water partition coefficient (Wildman–Crippen LogP) is 1.68. The number of esters is 1. The number of ether oxygens (including phenoxy) is 1. The summed E-state index contributed by atoms with van der Waals surface area (Å²) in [5.74, 6) is -1.25. The molecular weight excluding hydrogens is 196 g/mol. The van der Waals surface area contributed by atoms with Crippen LogP contribution in [0.5, 0.6) is 0 Å². The molecule has 0 bridgehead atoms. The van der Waals surface area contributed by atoms with E-state index in [1.807, 2.05) is 0 Å². The molecule has 1 N–H and O–H groups in total. The number of aliphatic hydroxyl groups excluding tert-OH is 1. The Morgan fingerprint density at radius 1 is 1.80 bits per heavy atom. The van der Waals surface area contributed by atoms with Crippen molar-refractivity contribution in [3.63, 3.8) is 0 Å². The quantitative estimate of drug-likeness (QED) is 0.593. The van der Waals surface area contributed by atoms with Crippen molar-refractivity contribution in [2.75, 3.05) is 6.61 Å². The monoisotopic (exact) mass is 210 g/mol. The summed E-state index contributed by atoms with van der Waals surface area (Å²) < 4.78 is 9.64. The van der Waals surface area contributed by atoms with Crippen molar-refractivity contribution in [2.45, 2.75) is 13.0 Å². The van der Waals surface area contributed by atoms with Crippen molar-refractivity contribution < 1.29 is 19.1 Å². The van der Waals surface area contributed by atoms with Gasteiger partial charge < -0.3 is 14.3 Å². The lowest BCUT2D eigenvalue weighted by Crippen LogP contribution is -2.22. The fourth-order valence-electron chi connectivity index (χ4n) is 1.24. The van der Waals surface area contributed by atoms with Gasteiger partial charge in [0.2, 0.25) is 0 Å². The van der Waals surface area contributed by atoms with Crippen molar-refractivity contribution in [1.29, 1.82) is 0 Å². The minimum Gasteiger partial charge on any atom is -0.472 e. The van der Waals surface area contributed by atoms with Gasteiger partial charge >= 0.3 is 5.97 Å². The van der Waals surface area contributed by atoms with Crippen LogP contribution in [-0.4, -0.2) is 17.7 Å². The van der Waals surface area contributed by atoms with E-state index in [1.54, 1.807) is 13.0 Å². The topological polar surface area (TPSA) is 59.7 Å². The highest BCUT2D eigenvalue weighted by atomic mass is 16.5. The molecule has 0 saturated carbocycles. The van der Waals surface area contributed by atoms with Crippen LogP contribution in [0.1, 0.15) is 18.6 Å². The molecule has 4 heteroatoms. The first-order valence-corrected chi connectivity index (χ1v) is 4.70. The van der Waals surface area contributed by atoms with Gasteiger partial charge in [-0.15, -0.1) is 6.58 Å². The van der Waals surface area contributed by atoms with Gasteiger partial charge in [0, 0.05) is 5.56 Å². The molecule has 0 spiro atoms. The Labute approximate surface area is 88.2 Å². The van der Waals surface area contributed by atoms with Gasteiger partial charge in [-0.3, -0.25) is 4.79 Å². The van der Waals surface area contributed by atoms with E-state index in [0.717, 1.165) is 0 Å². The molecule has 0 unspecified atom stereocenters. The molecule has 0 saturated heterocycles. The van der Waals surface area contributed by atoms with Crippen LogP contribution in [0.25, 0.3) is 0 Å². The van der Waals surface area contributed by atoms with Crippen LogP contribution in [0.2, 0.25) is 0 Å². The summed E-state index contributed by atoms with van der Waals surface area (Å²) in [6.45, 7) is 5.49. The number of carbonyl (C=O) groups is 1. The van der Waals surface area contributed by atoms with Gasteiger partial charge in [0.1, 0.15) is 5.92 Å². The second kappa shape index (κ2) is 5.36. The summed E-state index contributed by atoms with van der Waals surface area (Å²) in [7, 11) is 0. The number of aliphatic hydroxyl groups is 1. The average Bonchev–Trinajstić information content (AvgIpc) is 2.71. The van der Waals surface area contributed by atoms with Gasteiger partial charge in [0.15, 0.2) is 0 Å². The Hall–Kier alpha value is -1.55. The maximum atomic E-state index is 11.4. The van der Waals surface area contributed by atoms with E-state index in [9.17, 15) is 9.90 Å². The molecule has 0 fully saturated rings. The maximum absolute atomic E-state index is 11.4. The Balaban J connectivity index is 2.74. The number of furan rings is 1. The maximum Gasteiger partial charge on any atom is 0.315 e. The molecule has 1 heterocycles.